The minimum absolute atomic E-state index is 0.0671. The molecule has 4 heteroatoms. The lowest BCUT2D eigenvalue weighted by atomic mass is 10.2. The molecule has 74 valence electrons. The highest BCUT2D eigenvalue weighted by atomic mass is 16.4. The fourth-order valence-corrected chi connectivity index (χ4v) is 1.03. The minimum Gasteiger partial charge on any atom is -0.545 e. The number of rotatable bonds is 4. The number of carboxylic acid groups (broad SMARTS) is 1. The second kappa shape index (κ2) is 4.41. The van der Waals surface area contributed by atoms with Gasteiger partial charge in [-0.2, -0.15) is 0 Å². The average Bonchev–Trinajstić information content (AvgIpc) is 2.14. The van der Waals surface area contributed by atoms with Crippen molar-refractivity contribution in [2.45, 2.75) is 6.92 Å². The maximum absolute atomic E-state index is 10.7. The van der Waals surface area contributed by atoms with Gasteiger partial charge in [0.2, 0.25) is 0 Å². The summed E-state index contributed by atoms with van der Waals surface area (Å²) in [6.07, 6.45) is 1.63. The van der Waals surface area contributed by atoms with E-state index in [2.05, 4.69) is 16.9 Å². The fraction of sp³-hybridized carbons (Fsp3) is 0.200. The lowest BCUT2D eigenvalue weighted by molar-refractivity contribution is -0.254. The van der Waals surface area contributed by atoms with Crippen molar-refractivity contribution in [3.8, 4) is 0 Å². The molecule has 0 spiro atoms. The van der Waals surface area contributed by atoms with E-state index in [1.165, 1.54) is 6.07 Å². The first kappa shape index (κ1) is 10.2. The predicted molar refractivity (Wildman–Crippen MR) is 52.0 cm³/mol. The van der Waals surface area contributed by atoms with Gasteiger partial charge in [-0.15, -0.1) is 6.58 Å². The number of anilines is 1. The molecule has 0 fully saturated rings. The average molecular weight is 191 g/mol. The van der Waals surface area contributed by atoms with Crippen molar-refractivity contribution in [2.24, 2.45) is 0 Å². The zero-order chi connectivity index (χ0) is 10.6. The monoisotopic (exact) mass is 191 g/mol. The number of aromatic nitrogens is 1. The van der Waals surface area contributed by atoms with Gasteiger partial charge in [0, 0.05) is 17.8 Å². The molecule has 0 bridgehead atoms. The van der Waals surface area contributed by atoms with E-state index < -0.39 is 5.97 Å². The summed E-state index contributed by atoms with van der Waals surface area (Å²) in [4.78, 5) is 14.7. The lowest BCUT2D eigenvalue weighted by Gasteiger charge is -2.10. The second-order valence-electron chi connectivity index (χ2n) is 2.81. The SMILES string of the molecule is C=CCNc1nc(C)ccc1C(=O)[O-]. The summed E-state index contributed by atoms with van der Waals surface area (Å²) in [6, 6.07) is 3.10. The third kappa shape index (κ3) is 2.32. The second-order valence-corrected chi connectivity index (χ2v) is 2.81. The van der Waals surface area contributed by atoms with E-state index in [1.807, 2.05) is 0 Å². The molecule has 0 saturated heterocycles. The van der Waals surface area contributed by atoms with Crippen LogP contribution in [0.15, 0.2) is 24.8 Å². The Morgan fingerprint density at radius 1 is 1.71 bits per heavy atom. The maximum atomic E-state index is 10.7. The van der Waals surface area contributed by atoms with Crippen LogP contribution in [0.4, 0.5) is 5.82 Å². The minimum atomic E-state index is -1.23. The summed E-state index contributed by atoms with van der Waals surface area (Å²) in [5.41, 5.74) is 0.819. The summed E-state index contributed by atoms with van der Waals surface area (Å²) in [6.45, 7) is 5.78. The van der Waals surface area contributed by atoms with Crippen LogP contribution in [0.5, 0.6) is 0 Å². The Morgan fingerprint density at radius 2 is 2.43 bits per heavy atom. The zero-order valence-corrected chi connectivity index (χ0v) is 7.91. The number of nitrogens with one attached hydrogen (secondary N) is 1. The number of hydrogen-bond acceptors (Lipinski definition) is 4. The van der Waals surface area contributed by atoms with E-state index in [0.717, 1.165) is 5.69 Å². The number of aromatic carboxylic acids is 1. The third-order valence-electron chi connectivity index (χ3n) is 1.67. The quantitative estimate of drug-likeness (QED) is 0.697. The number of aryl methyl sites for hydroxylation is 1. The molecule has 1 heterocycles. The van der Waals surface area contributed by atoms with Crippen molar-refractivity contribution >= 4 is 11.8 Å². The Labute approximate surface area is 82.3 Å². The Bertz CT molecular complexity index is 361. The van der Waals surface area contributed by atoms with Crippen LogP contribution in [0.2, 0.25) is 0 Å². The van der Waals surface area contributed by atoms with Gasteiger partial charge in [0.25, 0.3) is 0 Å². The molecule has 1 aromatic heterocycles. The molecule has 0 saturated carbocycles. The molecule has 0 unspecified atom stereocenters. The van der Waals surface area contributed by atoms with Crippen molar-refractivity contribution in [3.05, 3.63) is 36.0 Å². The van der Waals surface area contributed by atoms with Crippen molar-refractivity contribution in [1.82, 2.24) is 4.98 Å². The van der Waals surface area contributed by atoms with Gasteiger partial charge in [-0.25, -0.2) is 4.98 Å². The molecule has 14 heavy (non-hydrogen) atoms. The summed E-state index contributed by atoms with van der Waals surface area (Å²) in [5.74, 6) is -0.908. The first-order valence-corrected chi connectivity index (χ1v) is 4.19. The number of carbonyl (C=O) groups is 1. The number of hydrogen-bond donors (Lipinski definition) is 1. The van der Waals surface area contributed by atoms with Crippen molar-refractivity contribution in [1.29, 1.82) is 0 Å². The van der Waals surface area contributed by atoms with Crippen molar-refractivity contribution < 1.29 is 9.90 Å². The number of pyridine rings is 1. The Kier molecular flexibility index (Phi) is 3.23. The molecule has 0 radical (unpaired) electrons. The van der Waals surface area contributed by atoms with Gasteiger partial charge < -0.3 is 15.2 Å². The highest BCUT2D eigenvalue weighted by Crippen LogP contribution is 2.11. The predicted octanol–water partition coefficient (Wildman–Crippen LogP) is 0.351. The maximum Gasteiger partial charge on any atom is 0.135 e. The van der Waals surface area contributed by atoms with Crippen LogP contribution in [0.1, 0.15) is 16.1 Å². The van der Waals surface area contributed by atoms with Gasteiger partial charge >= 0.3 is 0 Å². The fourth-order valence-electron chi connectivity index (χ4n) is 1.03. The highest BCUT2D eigenvalue weighted by molar-refractivity contribution is 5.91. The zero-order valence-electron chi connectivity index (χ0n) is 7.91. The van der Waals surface area contributed by atoms with Gasteiger partial charge in [-0.05, 0) is 19.1 Å². The standard InChI is InChI=1S/C10H12N2O2/c1-3-6-11-9-8(10(13)14)5-4-7(2)12-9/h3-5H,1,6H2,2H3,(H,11,12)(H,13,14)/p-1. The van der Waals surface area contributed by atoms with Gasteiger partial charge in [-0.3, -0.25) is 0 Å². The van der Waals surface area contributed by atoms with E-state index in [9.17, 15) is 9.90 Å². The molecule has 4 nitrogen and oxygen atoms in total. The van der Waals surface area contributed by atoms with Crippen molar-refractivity contribution in [3.63, 3.8) is 0 Å². The molecule has 1 rings (SSSR count). The van der Waals surface area contributed by atoms with Crippen LogP contribution >= 0.6 is 0 Å². The van der Waals surface area contributed by atoms with Crippen LogP contribution in [-0.4, -0.2) is 17.5 Å². The smallest absolute Gasteiger partial charge is 0.135 e. The molecule has 0 aromatic carbocycles. The molecule has 0 aliphatic heterocycles. The van der Waals surface area contributed by atoms with Crippen LogP contribution in [0.25, 0.3) is 0 Å². The summed E-state index contributed by atoms with van der Waals surface area (Å²) in [7, 11) is 0. The van der Waals surface area contributed by atoms with E-state index in [-0.39, 0.29) is 5.56 Å². The van der Waals surface area contributed by atoms with Gasteiger partial charge in [0.05, 0.1) is 5.97 Å². The van der Waals surface area contributed by atoms with E-state index in [4.69, 9.17) is 0 Å². The first-order valence-electron chi connectivity index (χ1n) is 4.19. The lowest BCUT2D eigenvalue weighted by Crippen LogP contribution is -2.24. The largest absolute Gasteiger partial charge is 0.545 e. The van der Waals surface area contributed by atoms with Gasteiger partial charge in [-0.1, -0.05) is 6.08 Å². The number of carbonyl (C=O) groups excluding carboxylic acids is 1. The summed E-state index contributed by atoms with van der Waals surface area (Å²) >= 11 is 0. The van der Waals surface area contributed by atoms with Gasteiger partial charge in [0.1, 0.15) is 5.82 Å². The summed E-state index contributed by atoms with van der Waals surface area (Å²) < 4.78 is 0. The van der Waals surface area contributed by atoms with E-state index in [0.29, 0.717) is 12.4 Å². The molecule has 0 amide bonds. The first-order chi connectivity index (χ1) is 6.65. The molecule has 0 aliphatic rings. The molecule has 1 N–H and O–H groups in total. The van der Waals surface area contributed by atoms with Crippen LogP contribution in [0, 0.1) is 6.92 Å². The molecular weight excluding hydrogens is 180 g/mol. The molecular formula is C10H11N2O2-. The number of carboxylic acids is 1. The highest BCUT2D eigenvalue weighted by Gasteiger charge is 2.03. The van der Waals surface area contributed by atoms with E-state index in [1.54, 1.807) is 19.1 Å². The Hall–Kier alpha value is -1.84. The number of nitrogens with zero attached hydrogens (tertiary/aromatic N) is 1. The van der Waals surface area contributed by atoms with Crippen LogP contribution in [-0.2, 0) is 0 Å². The normalized spacial score (nSPS) is 9.50. The third-order valence-corrected chi connectivity index (χ3v) is 1.67. The van der Waals surface area contributed by atoms with Crippen LogP contribution in [0.3, 0.4) is 0 Å². The molecule has 0 aliphatic carbocycles. The van der Waals surface area contributed by atoms with Gasteiger partial charge in [0.15, 0.2) is 0 Å². The topological polar surface area (TPSA) is 65.0 Å². The van der Waals surface area contributed by atoms with E-state index >= 15 is 0 Å². The Morgan fingerprint density at radius 3 is 3.00 bits per heavy atom. The van der Waals surface area contributed by atoms with Crippen LogP contribution < -0.4 is 10.4 Å². The van der Waals surface area contributed by atoms with Crippen molar-refractivity contribution in [2.75, 3.05) is 11.9 Å². The molecule has 0 atom stereocenters. The molecule has 1 aromatic rings. The summed E-state index contributed by atoms with van der Waals surface area (Å²) in [5, 5.41) is 13.5. The Balaban J connectivity index is 3.02.